The molecule has 2 aromatic carbocycles. The number of thioether (sulfide) groups is 1. The second kappa shape index (κ2) is 6.52. The zero-order valence-corrected chi connectivity index (χ0v) is 13.3. The molecule has 1 aliphatic rings. The van der Waals surface area contributed by atoms with E-state index < -0.39 is 6.10 Å². The predicted octanol–water partition coefficient (Wildman–Crippen LogP) is 4.01. The number of hydrogen-bond donors (Lipinski definition) is 0. The number of ether oxygens (including phenoxy) is 2. The molecule has 5 nitrogen and oxygen atoms in total. The summed E-state index contributed by atoms with van der Waals surface area (Å²) in [6, 6.07) is 14.0. The van der Waals surface area contributed by atoms with Gasteiger partial charge in [-0.25, -0.2) is 4.39 Å². The highest BCUT2D eigenvalue weighted by Gasteiger charge is 2.27. The van der Waals surface area contributed by atoms with Crippen LogP contribution in [-0.2, 0) is 5.75 Å². The van der Waals surface area contributed by atoms with Crippen LogP contribution >= 0.6 is 11.8 Å². The summed E-state index contributed by atoms with van der Waals surface area (Å²) in [6.07, 6.45) is -0.449. The number of halogens is 1. The van der Waals surface area contributed by atoms with Gasteiger partial charge in [0, 0.05) is 5.75 Å². The van der Waals surface area contributed by atoms with Crippen LogP contribution in [0.1, 0.15) is 17.6 Å². The molecule has 24 heavy (non-hydrogen) atoms. The van der Waals surface area contributed by atoms with E-state index in [9.17, 15) is 4.39 Å². The van der Waals surface area contributed by atoms with Crippen molar-refractivity contribution in [2.24, 2.45) is 0 Å². The second-order valence-electron chi connectivity index (χ2n) is 5.15. The third-order valence-electron chi connectivity index (χ3n) is 3.52. The Bertz CT molecular complexity index is 855. The van der Waals surface area contributed by atoms with Crippen LogP contribution in [-0.4, -0.2) is 16.8 Å². The first-order chi connectivity index (χ1) is 11.8. The molecule has 122 valence electrons. The highest BCUT2D eigenvalue weighted by atomic mass is 32.2. The van der Waals surface area contributed by atoms with Crippen LogP contribution in [0.3, 0.4) is 0 Å². The Labute approximate surface area is 141 Å². The lowest BCUT2D eigenvalue weighted by Gasteiger charge is -2.23. The molecular formula is C17H13FN2O3S. The first kappa shape index (κ1) is 15.0. The van der Waals surface area contributed by atoms with Crippen molar-refractivity contribution in [1.82, 2.24) is 10.2 Å². The van der Waals surface area contributed by atoms with Gasteiger partial charge in [-0.1, -0.05) is 42.1 Å². The minimum atomic E-state index is -0.449. The highest BCUT2D eigenvalue weighted by Crippen LogP contribution is 2.36. The van der Waals surface area contributed by atoms with Gasteiger partial charge in [-0.15, -0.1) is 10.2 Å². The molecule has 2 heterocycles. The number of aromatic nitrogens is 2. The summed E-state index contributed by atoms with van der Waals surface area (Å²) in [4.78, 5) is 0. The minimum absolute atomic E-state index is 0.245. The van der Waals surface area contributed by atoms with Crippen molar-refractivity contribution >= 4 is 11.8 Å². The van der Waals surface area contributed by atoms with Gasteiger partial charge in [0.2, 0.25) is 6.10 Å². The van der Waals surface area contributed by atoms with Crippen molar-refractivity contribution in [1.29, 1.82) is 0 Å². The third-order valence-corrected chi connectivity index (χ3v) is 4.38. The molecular weight excluding hydrogens is 331 g/mol. The summed E-state index contributed by atoms with van der Waals surface area (Å²) in [5.74, 6) is 1.86. The Morgan fingerprint density at radius 2 is 1.83 bits per heavy atom. The highest BCUT2D eigenvalue weighted by molar-refractivity contribution is 7.98. The van der Waals surface area contributed by atoms with Crippen molar-refractivity contribution in [2.45, 2.75) is 17.1 Å². The maximum atomic E-state index is 13.6. The molecule has 1 aliphatic heterocycles. The normalized spacial score (nSPS) is 16.1. The largest absolute Gasteiger partial charge is 0.485 e. The van der Waals surface area contributed by atoms with Gasteiger partial charge in [-0.3, -0.25) is 0 Å². The monoisotopic (exact) mass is 344 g/mol. The summed E-state index contributed by atoms with van der Waals surface area (Å²) in [7, 11) is 0. The molecule has 0 bridgehead atoms. The van der Waals surface area contributed by atoms with Crippen LogP contribution in [0.4, 0.5) is 4.39 Å². The second-order valence-corrected chi connectivity index (χ2v) is 6.08. The van der Waals surface area contributed by atoms with Crippen LogP contribution in [0.15, 0.2) is 58.2 Å². The van der Waals surface area contributed by atoms with E-state index in [-0.39, 0.29) is 5.82 Å². The van der Waals surface area contributed by atoms with Gasteiger partial charge < -0.3 is 13.9 Å². The third kappa shape index (κ3) is 3.07. The number of nitrogens with zero attached hydrogens (tertiary/aromatic N) is 2. The lowest BCUT2D eigenvalue weighted by molar-refractivity contribution is 0.0686. The molecule has 3 aromatic rings. The Morgan fingerprint density at radius 3 is 2.71 bits per heavy atom. The van der Waals surface area contributed by atoms with Gasteiger partial charge in [0.25, 0.3) is 11.1 Å². The Kier molecular flexibility index (Phi) is 4.08. The Hall–Kier alpha value is -2.54. The van der Waals surface area contributed by atoms with Crippen molar-refractivity contribution in [3.8, 4) is 11.5 Å². The number of fused-ring (bicyclic) bond motifs is 1. The van der Waals surface area contributed by atoms with Crippen molar-refractivity contribution < 1.29 is 18.3 Å². The molecule has 1 atom stereocenters. The van der Waals surface area contributed by atoms with Gasteiger partial charge in [0.1, 0.15) is 12.4 Å². The summed E-state index contributed by atoms with van der Waals surface area (Å²) in [5.41, 5.74) is 0.591. The number of para-hydroxylation sites is 2. The predicted molar refractivity (Wildman–Crippen MR) is 85.6 cm³/mol. The van der Waals surface area contributed by atoms with E-state index in [0.29, 0.717) is 40.5 Å². The van der Waals surface area contributed by atoms with E-state index in [1.807, 2.05) is 24.3 Å². The van der Waals surface area contributed by atoms with Crippen molar-refractivity contribution in [3.63, 3.8) is 0 Å². The van der Waals surface area contributed by atoms with Crippen LogP contribution < -0.4 is 9.47 Å². The molecule has 0 radical (unpaired) electrons. The summed E-state index contributed by atoms with van der Waals surface area (Å²) < 4.78 is 30.7. The zero-order valence-electron chi connectivity index (χ0n) is 12.5. The molecule has 0 saturated heterocycles. The summed E-state index contributed by atoms with van der Waals surface area (Å²) in [5, 5.41) is 8.36. The maximum absolute atomic E-state index is 13.6. The summed E-state index contributed by atoms with van der Waals surface area (Å²) >= 11 is 1.28. The van der Waals surface area contributed by atoms with Crippen LogP contribution in [0.25, 0.3) is 0 Å². The zero-order chi connectivity index (χ0) is 16.4. The number of benzene rings is 2. The molecule has 0 spiro atoms. The molecule has 0 amide bonds. The molecule has 7 heteroatoms. The topological polar surface area (TPSA) is 57.4 Å². The lowest BCUT2D eigenvalue weighted by Crippen LogP contribution is -2.21. The first-order valence-electron chi connectivity index (χ1n) is 7.38. The fourth-order valence-electron chi connectivity index (χ4n) is 2.30. The standard InChI is InChI=1S/C17H13FN2O3S/c18-12-6-2-1-5-11(12)10-24-17-20-19-16(23-17)15-9-21-13-7-3-4-8-14(13)22-15/h1-8,15H,9-10H2. The molecule has 0 aliphatic carbocycles. The summed E-state index contributed by atoms with van der Waals surface area (Å²) in [6.45, 7) is 0.302. The van der Waals surface area contributed by atoms with Gasteiger partial charge in [0.05, 0.1) is 0 Å². The van der Waals surface area contributed by atoms with Gasteiger partial charge >= 0.3 is 0 Å². The molecule has 4 rings (SSSR count). The van der Waals surface area contributed by atoms with E-state index in [2.05, 4.69) is 10.2 Å². The quantitative estimate of drug-likeness (QED) is 0.667. The van der Waals surface area contributed by atoms with Crippen molar-refractivity contribution in [2.75, 3.05) is 6.61 Å². The Balaban J connectivity index is 1.43. The molecule has 0 fully saturated rings. The van der Waals surface area contributed by atoms with E-state index >= 15 is 0 Å². The average molecular weight is 344 g/mol. The average Bonchev–Trinajstić information content (AvgIpc) is 3.10. The SMILES string of the molecule is Fc1ccccc1CSc1nnc(C2COc3ccccc3O2)o1. The fourth-order valence-corrected chi connectivity index (χ4v) is 3.06. The molecule has 1 aromatic heterocycles. The first-order valence-corrected chi connectivity index (χ1v) is 8.36. The van der Waals surface area contributed by atoms with Crippen molar-refractivity contribution in [3.05, 3.63) is 65.8 Å². The maximum Gasteiger partial charge on any atom is 0.277 e. The molecule has 0 saturated carbocycles. The van der Waals surface area contributed by atoms with Crippen LogP contribution in [0.2, 0.25) is 0 Å². The Morgan fingerprint density at radius 1 is 1.04 bits per heavy atom. The lowest BCUT2D eigenvalue weighted by atomic mass is 10.2. The van der Waals surface area contributed by atoms with E-state index in [4.69, 9.17) is 13.9 Å². The van der Waals surface area contributed by atoms with E-state index in [1.165, 1.54) is 17.8 Å². The van der Waals surface area contributed by atoms with Crippen LogP contribution in [0.5, 0.6) is 11.5 Å². The van der Waals surface area contributed by atoms with E-state index in [0.717, 1.165) is 0 Å². The fraction of sp³-hybridized carbons (Fsp3) is 0.176. The molecule has 0 N–H and O–H groups in total. The smallest absolute Gasteiger partial charge is 0.277 e. The van der Waals surface area contributed by atoms with Gasteiger partial charge in [-0.2, -0.15) is 0 Å². The minimum Gasteiger partial charge on any atom is -0.485 e. The number of rotatable bonds is 4. The molecule has 1 unspecified atom stereocenters. The van der Waals surface area contributed by atoms with Gasteiger partial charge in [-0.05, 0) is 23.8 Å². The van der Waals surface area contributed by atoms with Crippen LogP contribution in [0, 0.1) is 5.82 Å². The van der Waals surface area contributed by atoms with E-state index in [1.54, 1.807) is 18.2 Å². The van der Waals surface area contributed by atoms with Gasteiger partial charge in [0.15, 0.2) is 11.5 Å². The number of hydrogen-bond acceptors (Lipinski definition) is 6.